The van der Waals surface area contributed by atoms with Crippen molar-refractivity contribution in [2.24, 2.45) is 0 Å². The highest BCUT2D eigenvalue weighted by Crippen LogP contribution is 2.45. The van der Waals surface area contributed by atoms with Crippen LogP contribution < -0.4 is 9.62 Å². The zero-order chi connectivity index (χ0) is 20.9. The second-order valence-electron chi connectivity index (χ2n) is 7.72. The van der Waals surface area contributed by atoms with Crippen molar-refractivity contribution < 1.29 is 13.2 Å². The summed E-state index contributed by atoms with van der Waals surface area (Å²) in [4.78, 5) is 19.4. The molecule has 0 fully saturated rings. The highest BCUT2D eigenvalue weighted by atomic mass is 35.5. The Balaban J connectivity index is 1.84. The average Bonchev–Trinajstić information content (AvgIpc) is 2.92. The molecule has 0 radical (unpaired) electrons. The second-order valence-corrected chi connectivity index (χ2v) is 9.93. The van der Waals surface area contributed by atoms with Gasteiger partial charge in [-0.15, -0.1) is 0 Å². The van der Waals surface area contributed by atoms with E-state index in [4.69, 9.17) is 11.6 Å². The van der Waals surface area contributed by atoms with Crippen LogP contribution >= 0.6 is 11.6 Å². The van der Waals surface area contributed by atoms with Crippen molar-refractivity contribution in [3.8, 4) is 0 Å². The molecule has 1 aliphatic carbocycles. The fraction of sp³-hybridized carbons (Fsp3) is 0.333. The molecular weight excluding hydrogens is 410 g/mol. The lowest BCUT2D eigenvalue weighted by molar-refractivity contribution is 0.0993. The van der Waals surface area contributed by atoms with Crippen LogP contribution in [-0.4, -0.2) is 25.6 Å². The van der Waals surface area contributed by atoms with Gasteiger partial charge in [-0.3, -0.25) is 14.7 Å². The van der Waals surface area contributed by atoms with Crippen molar-refractivity contribution in [1.82, 2.24) is 9.71 Å². The third-order valence-electron chi connectivity index (χ3n) is 5.46. The monoisotopic (exact) mass is 431 g/mol. The van der Waals surface area contributed by atoms with Crippen LogP contribution in [0.3, 0.4) is 0 Å². The molecule has 2 unspecified atom stereocenters. The third kappa shape index (κ3) is 3.58. The van der Waals surface area contributed by atoms with Gasteiger partial charge in [0, 0.05) is 22.8 Å². The van der Waals surface area contributed by atoms with Crippen LogP contribution in [0.4, 0.5) is 5.69 Å². The van der Waals surface area contributed by atoms with Gasteiger partial charge in [-0.1, -0.05) is 23.8 Å². The van der Waals surface area contributed by atoms with E-state index in [-0.39, 0.29) is 18.0 Å². The Morgan fingerprint density at radius 2 is 2.07 bits per heavy atom. The number of sulfonamides is 1. The SMILES string of the molecule is C=C(C)C1c2cc(Cl)ccc2C(=O)N1c1cncc2c1CCCC2NS(C)(=O)=O. The van der Waals surface area contributed by atoms with Crippen molar-refractivity contribution in [3.63, 3.8) is 0 Å². The molecule has 1 aromatic carbocycles. The van der Waals surface area contributed by atoms with Gasteiger partial charge in [0.2, 0.25) is 10.0 Å². The summed E-state index contributed by atoms with van der Waals surface area (Å²) in [5, 5.41) is 0.565. The zero-order valence-corrected chi connectivity index (χ0v) is 17.8. The highest BCUT2D eigenvalue weighted by Gasteiger charge is 2.40. The van der Waals surface area contributed by atoms with E-state index in [1.54, 1.807) is 29.4 Å². The van der Waals surface area contributed by atoms with Gasteiger partial charge in [0.15, 0.2) is 0 Å². The molecule has 1 aliphatic heterocycles. The first-order chi connectivity index (χ1) is 13.7. The standard InChI is InChI=1S/C21H22ClN3O3S/c1-12(2)20-16-9-13(22)7-8-15(16)21(26)25(20)19-11-23-10-17-14(19)5-4-6-18(17)24-29(3,27)28/h7-11,18,20,24H,1,4-6H2,2-3H3. The van der Waals surface area contributed by atoms with Crippen LogP contribution in [0.2, 0.25) is 5.02 Å². The van der Waals surface area contributed by atoms with Gasteiger partial charge in [-0.05, 0) is 61.1 Å². The van der Waals surface area contributed by atoms with Gasteiger partial charge >= 0.3 is 0 Å². The lowest BCUT2D eigenvalue weighted by Crippen LogP contribution is -2.33. The summed E-state index contributed by atoms with van der Waals surface area (Å²) >= 11 is 6.19. The van der Waals surface area contributed by atoms with Gasteiger partial charge in [0.1, 0.15) is 0 Å². The quantitative estimate of drug-likeness (QED) is 0.743. The van der Waals surface area contributed by atoms with E-state index in [1.165, 1.54) is 0 Å². The predicted molar refractivity (Wildman–Crippen MR) is 114 cm³/mol. The topological polar surface area (TPSA) is 79.4 Å². The molecule has 0 saturated heterocycles. The summed E-state index contributed by atoms with van der Waals surface area (Å²) in [6.07, 6.45) is 6.79. The van der Waals surface area contributed by atoms with Crippen molar-refractivity contribution in [2.45, 2.75) is 38.3 Å². The number of hydrogen-bond acceptors (Lipinski definition) is 4. The number of pyridine rings is 1. The largest absolute Gasteiger partial charge is 0.295 e. The number of nitrogens with one attached hydrogen (secondary N) is 1. The van der Waals surface area contributed by atoms with Gasteiger partial charge in [-0.2, -0.15) is 0 Å². The molecule has 0 spiro atoms. The Morgan fingerprint density at radius 1 is 1.31 bits per heavy atom. The van der Waals surface area contributed by atoms with Gasteiger partial charge in [0.25, 0.3) is 5.91 Å². The zero-order valence-electron chi connectivity index (χ0n) is 16.3. The minimum atomic E-state index is -3.37. The molecule has 152 valence electrons. The van der Waals surface area contributed by atoms with Gasteiger partial charge in [0.05, 0.1) is 24.2 Å². The van der Waals surface area contributed by atoms with E-state index in [9.17, 15) is 13.2 Å². The van der Waals surface area contributed by atoms with Crippen molar-refractivity contribution in [2.75, 3.05) is 11.2 Å². The minimum absolute atomic E-state index is 0.127. The van der Waals surface area contributed by atoms with Crippen LogP contribution in [0.5, 0.6) is 0 Å². The molecule has 0 bridgehead atoms. The molecule has 2 heterocycles. The van der Waals surface area contributed by atoms with Crippen LogP contribution in [0.15, 0.2) is 42.7 Å². The Kier molecular flexibility index (Phi) is 5.01. The number of hydrogen-bond donors (Lipinski definition) is 1. The first kappa shape index (κ1) is 20.1. The van der Waals surface area contributed by atoms with Crippen LogP contribution in [0, 0.1) is 0 Å². The van der Waals surface area contributed by atoms with E-state index >= 15 is 0 Å². The fourth-order valence-electron chi connectivity index (χ4n) is 4.37. The molecule has 29 heavy (non-hydrogen) atoms. The fourth-order valence-corrected chi connectivity index (χ4v) is 5.31. The number of anilines is 1. The van der Waals surface area contributed by atoms with Crippen LogP contribution in [-0.2, 0) is 16.4 Å². The molecule has 0 saturated carbocycles. The van der Waals surface area contributed by atoms with E-state index < -0.39 is 10.0 Å². The summed E-state index contributed by atoms with van der Waals surface area (Å²) in [5.41, 5.74) is 4.72. The Hall–Kier alpha value is -2.22. The molecule has 2 aromatic rings. The maximum absolute atomic E-state index is 13.3. The Morgan fingerprint density at radius 3 is 2.76 bits per heavy atom. The number of carbonyl (C=O) groups is 1. The normalized spacial score (nSPS) is 21.1. The average molecular weight is 432 g/mol. The van der Waals surface area contributed by atoms with Gasteiger partial charge < -0.3 is 0 Å². The number of aromatic nitrogens is 1. The number of benzene rings is 1. The summed E-state index contributed by atoms with van der Waals surface area (Å²) < 4.78 is 26.3. The first-order valence-electron chi connectivity index (χ1n) is 9.40. The lowest BCUT2D eigenvalue weighted by Gasteiger charge is -2.32. The number of amides is 1. The lowest BCUT2D eigenvalue weighted by atomic mass is 9.88. The minimum Gasteiger partial charge on any atom is -0.295 e. The summed E-state index contributed by atoms with van der Waals surface area (Å²) in [6.45, 7) is 5.99. The second kappa shape index (κ2) is 7.23. The van der Waals surface area contributed by atoms with Crippen LogP contribution in [0.25, 0.3) is 0 Å². The maximum Gasteiger partial charge on any atom is 0.259 e. The molecular formula is C21H22ClN3O3S. The van der Waals surface area contributed by atoms with Gasteiger partial charge in [-0.25, -0.2) is 13.1 Å². The van der Waals surface area contributed by atoms with Crippen molar-refractivity contribution >= 4 is 33.2 Å². The number of fused-ring (bicyclic) bond motifs is 2. The van der Waals surface area contributed by atoms with Crippen LogP contribution in [0.1, 0.15) is 58.9 Å². The highest BCUT2D eigenvalue weighted by molar-refractivity contribution is 7.88. The number of carbonyl (C=O) groups excluding carboxylic acids is 1. The third-order valence-corrected chi connectivity index (χ3v) is 6.41. The summed E-state index contributed by atoms with van der Waals surface area (Å²) in [5.74, 6) is -0.127. The molecule has 6 nitrogen and oxygen atoms in total. The molecule has 1 N–H and O–H groups in total. The molecule has 2 atom stereocenters. The molecule has 1 aromatic heterocycles. The Labute approximate surface area is 175 Å². The van der Waals surface area contributed by atoms with E-state index in [1.807, 2.05) is 13.0 Å². The smallest absolute Gasteiger partial charge is 0.259 e. The molecule has 1 amide bonds. The molecule has 4 rings (SSSR count). The van der Waals surface area contributed by atoms with E-state index in [2.05, 4.69) is 16.3 Å². The number of halogens is 1. The first-order valence-corrected chi connectivity index (χ1v) is 11.7. The molecule has 2 aliphatic rings. The number of rotatable bonds is 4. The summed E-state index contributed by atoms with van der Waals surface area (Å²) in [7, 11) is -3.37. The van der Waals surface area contributed by atoms with E-state index in [0.29, 0.717) is 22.7 Å². The Bertz CT molecular complexity index is 1130. The number of nitrogens with zero attached hydrogens (tertiary/aromatic N) is 2. The van der Waals surface area contributed by atoms with Crippen molar-refractivity contribution in [3.05, 3.63) is 70.0 Å². The maximum atomic E-state index is 13.3. The van der Waals surface area contributed by atoms with E-state index in [0.717, 1.165) is 41.4 Å². The summed E-state index contributed by atoms with van der Waals surface area (Å²) in [6, 6.07) is 4.58. The van der Waals surface area contributed by atoms with Crippen molar-refractivity contribution in [1.29, 1.82) is 0 Å². The predicted octanol–water partition coefficient (Wildman–Crippen LogP) is 3.94. The molecule has 8 heteroatoms.